The first-order valence-electron chi connectivity index (χ1n) is 9.78. The minimum atomic E-state index is -0.790. The molecule has 1 unspecified atom stereocenters. The van der Waals surface area contributed by atoms with Gasteiger partial charge < -0.3 is 18.9 Å². The first-order chi connectivity index (χ1) is 14.6. The summed E-state index contributed by atoms with van der Waals surface area (Å²) in [7, 11) is 6.77. The molecule has 0 radical (unpaired) electrons. The van der Waals surface area contributed by atoms with Crippen molar-refractivity contribution in [1.82, 2.24) is 0 Å². The molecule has 0 N–H and O–H groups in total. The van der Waals surface area contributed by atoms with Gasteiger partial charge in [0.15, 0.2) is 0 Å². The van der Waals surface area contributed by atoms with Gasteiger partial charge in [-0.1, -0.05) is 66.4 Å². The Bertz CT molecular complexity index is 919. The number of hydrogen-bond donors (Lipinski definition) is 0. The van der Waals surface area contributed by atoms with E-state index in [1.54, 1.807) is 40.2 Å². The zero-order valence-corrected chi connectivity index (χ0v) is 18.4. The molecule has 0 saturated carbocycles. The zero-order valence-electron chi connectivity index (χ0n) is 17.6. The van der Waals surface area contributed by atoms with E-state index in [4.69, 9.17) is 18.9 Å². The Morgan fingerprint density at radius 2 is 1.10 bits per heavy atom. The van der Waals surface area contributed by atoms with Crippen LogP contribution in [0.1, 0.15) is 22.6 Å². The number of benzene rings is 3. The maximum atomic E-state index is 5.97. The van der Waals surface area contributed by atoms with Gasteiger partial charge in [0.2, 0.25) is 5.12 Å². The van der Waals surface area contributed by atoms with Crippen LogP contribution in [-0.4, -0.2) is 33.6 Å². The van der Waals surface area contributed by atoms with Crippen molar-refractivity contribution in [2.45, 2.75) is 15.8 Å². The van der Waals surface area contributed by atoms with Crippen molar-refractivity contribution in [2.75, 3.05) is 28.4 Å². The predicted octanol–water partition coefficient (Wildman–Crippen LogP) is 5.42. The van der Waals surface area contributed by atoms with Crippen LogP contribution in [0, 0.1) is 0 Å². The molecule has 1 atom stereocenters. The fraction of sp³-hybridized carbons (Fsp3) is 0.280. The van der Waals surface area contributed by atoms with Crippen LogP contribution in [0.3, 0.4) is 0 Å². The van der Waals surface area contributed by atoms with Crippen molar-refractivity contribution in [3.05, 3.63) is 95.6 Å². The number of methoxy groups -OCH3 is 4. The fourth-order valence-electron chi connectivity index (χ4n) is 4.31. The zero-order chi connectivity index (χ0) is 21.2. The van der Waals surface area contributed by atoms with E-state index in [0.29, 0.717) is 0 Å². The first kappa shape index (κ1) is 20.8. The lowest BCUT2D eigenvalue weighted by Crippen LogP contribution is -2.59. The molecule has 0 amide bonds. The van der Waals surface area contributed by atoms with Crippen LogP contribution in [0.4, 0.5) is 0 Å². The van der Waals surface area contributed by atoms with Crippen LogP contribution >= 0.6 is 11.8 Å². The molecule has 0 aliphatic carbocycles. The summed E-state index contributed by atoms with van der Waals surface area (Å²) in [6, 6.07) is 26.9. The second kappa shape index (κ2) is 8.34. The minimum absolute atomic E-state index is 0.0620. The van der Waals surface area contributed by atoms with E-state index in [1.165, 1.54) is 0 Å². The van der Waals surface area contributed by atoms with E-state index in [1.807, 2.05) is 30.3 Å². The average molecular weight is 423 g/mol. The summed E-state index contributed by atoms with van der Waals surface area (Å²) in [4.78, 5) is 0. The average Bonchev–Trinajstić information content (AvgIpc) is 2.81. The molecule has 1 fully saturated rings. The van der Waals surface area contributed by atoms with Crippen LogP contribution in [0.25, 0.3) is 0 Å². The number of rotatable bonds is 7. The van der Waals surface area contributed by atoms with Gasteiger partial charge in [-0.2, -0.15) is 0 Å². The number of thioether (sulfide) groups is 1. The lowest BCUT2D eigenvalue weighted by atomic mass is 9.74. The monoisotopic (exact) mass is 422 g/mol. The summed E-state index contributed by atoms with van der Waals surface area (Å²) in [6.07, 6.45) is 0. The van der Waals surface area contributed by atoms with E-state index in [0.717, 1.165) is 28.2 Å². The maximum absolute atomic E-state index is 5.97. The Labute approximate surface area is 182 Å². The normalized spacial score (nSPS) is 19.0. The van der Waals surface area contributed by atoms with Gasteiger partial charge in [-0.15, -0.1) is 0 Å². The summed E-state index contributed by atoms with van der Waals surface area (Å²) >= 11 is 1.68. The Hall–Kier alpha value is -2.47. The highest BCUT2D eigenvalue weighted by Crippen LogP contribution is 2.72. The van der Waals surface area contributed by atoms with Crippen LogP contribution in [0.5, 0.6) is 11.5 Å². The summed E-state index contributed by atoms with van der Waals surface area (Å²) in [5.74, 6) is 1.59. The molecule has 1 aliphatic rings. The number of hydrogen-bond acceptors (Lipinski definition) is 5. The third-order valence-corrected chi connectivity index (χ3v) is 7.69. The van der Waals surface area contributed by atoms with Gasteiger partial charge in [0.05, 0.1) is 24.9 Å². The standard InChI is InChI=1S/C25H26O4S/c1-26-21-14-10-19(11-15-21)24(20-12-16-22(27-2)17-13-20)23(18-8-6-5-7-9-18)25(28-3,29-4)30-24/h5-17,23H,1-4H3. The Balaban J connectivity index is 1.93. The van der Waals surface area contributed by atoms with Gasteiger partial charge in [0.25, 0.3) is 0 Å². The Kier molecular flexibility index (Phi) is 5.78. The van der Waals surface area contributed by atoms with Crippen molar-refractivity contribution in [1.29, 1.82) is 0 Å². The SMILES string of the molecule is COc1ccc(C2(c3ccc(OC)cc3)SC(OC)(OC)C2c2ccccc2)cc1. The van der Waals surface area contributed by atoms with Crippen LogP contribution in [0.2, 0.25) is 0 Å². The van der Waals surface area contributed by atoms with E-state index < -0.39 is 9.87 Å². The molecular weight excluding hydrogens is 396 g/mol. The van der Waals surface area contributed by atoms with Crippen LogP contribution in [0.15, 0.2) is 78.9 Å². The third kappa shape index (κ3) is 3.18. The molecule has 1 aliphatic heterocycles. The molecule has 0 spiro atoms. The molecule has 3 aromatic rings. The van der Waals surface area contributed by atoms with Gasteiger partial charge in [-0.3, -0.25) is 0 Å². The minimum Gasteiger partial charge on any atom is -0.497 e. The molecule has 4 rings (SSSR count). The third-order valence-electron chi connectivity index (χ3n) is 5.80. The molecule has 5 heteroatoms. The molecule has 3 aromatic carbocycles. The van der Waals surface area contributed by atoms with Gasteiger partial charge in [0.1, 0.15) is 11.5 Å². The molecule has 4 nitrogen and oxygen atoms in total. The van der Waals surface area contributed by atoms with Crippen LogP contribution in [-0.2, 0) is 14.2 Å². The summed E-state index contributed by atoms with van der Waals surface area (Å²) in [5, 5.41) is -0.790. The van der Waals surface area contributed by atoms with E-state index in [9.17, 15) is 0 Å². The Morgan fingerprint density at radius 1 is 0.633 bits per heavy atom. The lowest BCUT2D eigenvalue weighted by molar-refractivity contribution is -0.171. The van der Waals surface area contributed by atoms with Gasteiger partial charge in [-0.25, -0.2) is 0 Å². The van der Waals surface area contributed by atoms with Crippen molar-refractivity contribution >= 4 is 11.8 Å². The van der Waals surface area contributed by atoms with E-state index >= 15 is 0 Å². The molecule has 0 aromatic heterocycles. The smallest absolute Gasteiger partial charge is 0.227 e. The van der Waals surface area contributed by atoms with Crippen LogP contribution < -0.4 is 9.47 Å². The van der Waals surface area contributed by atoms with Gasteiger partial charge >= 0.3 is 0 Å². The largest absolute Gasteiger partial charge is 0.497 e. The van der Waals surface area contributed by atoms with E-state index in [-0.39, 0.29) is 5.92 Å². The molecule has 30 heavy (non-hydrogen) atoms. The van der Waals surface area contributed by atoms with E-state index in [2.05, 4.69) is 48.5 Å². The van der Waals surface area contributed by atoms with Crippen molar-refractivity contribution in [2.24, 2.45) is 0 Å². The topological polar surface area (TPSA) is 36.9 Å². The van der Waals surface area contributed by atoms with Gasteiger partial charge in [0, 0.05) is 14.2 Å². The van der Waals surface area contributed by atoms with Crippen molar-refractivity contribution in [3.63, 3.8) is 0 Å². The number of ether oxygens (including phenoxy) is 4. The molecule has 1 saturated heterocycles. The van der Waals surface area contributed by atoms with Gasteiger partial charge in [-0.05, 0) is 41.0 Å². The lowest BCUT2D eigenvalue weighted by Gasteiger charge is -2.60. The molecule has 0 bridgehead atoms. The summed E-state index contributed by atoms with van der Waals surface area (Å²) in [6.45, 7) is 0. The second-order valence-corrected chi connectivity index (χ2v) is 8.57. The van der Waals surface area contributed by atoms with Crippen molar-refractivity contribution in [3.8, 4) is 11.5 Å². The predicted molar refractivity (Wildman–Crippen MR) is 120 cm³/mol. The maximum Gasteiger partial charge on any atom is 0.227 e. The molecule has 156 valence electrons. The summed E-state index contributed by atoms with van der Waals surface area (Å²) < 4.78 is 22.3. The second-order valence-electron chi connectivity index (χ2n) is 7.15. The highest BCUT2D eigenvalue weighted by molar-refractivity contribution is 8.03. The highest BCUT2D eigenvalue weighted by Gasteiger charge is 2.68. The highest BCUT2D eigenvalue weighted by atomic mass is 32.2. The quantitative estimate of drug-likeness (QED) is 0.475. The fourth-order valence-corrected chi connectivity index (χ4v) is 6.09. The molecular formula is C25H26O4S. The first-order valence-corrected chi connectivity index (χ1v) is 10.6. The summed E-state index contributed by atoms with van der Waals surface area (Å²) in [5.41, 5.74) is 3.49. The molecule has 1 heterocycles. The van der Waals surface area contributed by atoms with Crippen molar-refractivity contribution < 1.29 is 18.9 Å². The Morgan fingerprint density at radius 3 is 1.50 bits per heavy atom.